The summed E-state index contributed by atoms with van der Waals surface area (Å²) in [7, 11) is 1.69. The SMILES string of the molecule is CCOC(=O)C1=C(CN2CCN(Cc3cccc(OC)c3)CC2)N(CC)C(=O)N[C@@H]1c1ccccc1. The van der Waals surface area contributed by atoms with Gasteiger partial charge in [0.1, 0.15) is 5.75 Å². The van der Waals surface area contributed by atoms with Crippen molar-refractivity contribution in [3.63, 3.8) is 0 Å². The van der Waals surface area contributed by atoms with Crippen LogP contribution in [0.15, 0.2) is 65.9 Å². The van der Waals surface area contributed by atoms with Crippen molar-refractivity contribution < 1.29 is 19.1 Å². The molecule has 0 radical (unpaired) electrons. The molecule has 0 aliphatic carbocycles. The Morgan fingerprint density at radius 1 is 0.972 bits per heavy atom. The molecule has 2 aromatic carbocycles. The number of esters is 1. The molecule has 4 rings (SSSR count). The zero-order valence-electron chi connectivity index (χ0n) is 21.4. The van der Waals surface area contributed by atoms with Crippen molar-refractivity contribution in [2.24, 2.45) is 0 Å². The molecule has 0 unspecified atom stereocenters. The van der Waals surface area contributed by atoms with E-state index in [9.17, 15) is 9.59 Å². The van der Waals surface area contributed by atoms with Gasteiger partial charge in [0.25, 0.3) is 0 Å². The number of ether oxygens (including phenoxy) is 2. The normalized spacial score (nSPS) is 19.2. The second kappa shape index (κ2) is 12.1. The molecule has 0 aromatic heterocycles. The number of rotatable bonds is 9. The van der Waals surface area contributed by atoms with Crippen LogP contribution in [0, 0.1) is 0 Å². The molecule has 8 nitrogen and oxygen atoms in total. The summed E-state index contributed by atoms with van der Waals surface area (Å²) in [5, 5.41) is 3.03. The van der Waals surface area contributed by atoms with Gasteiger partial charge >= 0.3 is 12.0 Å². The van der Waals surface area contributed by atoms with Crippen LogP contribution in [0.4, 0.5) is 4.79 Å². The fraction of sp³-hybridized carbons (Fsp3) is 0.429. The molecule has 1 N–H and O–H groups in total. The predicted octanol–water partition coefficient (Wildman–Crippen LogP) is 3.42. The smallest absolute Gasteiger partial charge is 0.338 e. The zero-order chi connectivity index (χ0) is 25.5. The Morgan fingerprint density at radius 2 is 1.67 bits per heavy atom. The van der Waals surface area contributed by atoms with Crippen molar-refractivity contribution >= 4 is 12.0 Å². The minimum Gasteiger partial charge on any atom is -0.497 e. The van der Waals surface area contributed by atoms with E-state index in [0.29, 0.717) is 18.7 Å². The van der Waals surface area contributed by atoms with E-state index in [4.69, 9.17) is 9.47 Å². The van der Waals surface area contributed by atoms with Crippen LogP contribution in [0.3, 0.4) is 0 Å². The van der Waals surface area contributed by atoms with Gasteiger partial charge in [-0.1, -0.05) is 42.5 Å². The Balaban J connectivity index is 1.54. The maximum atomic E-state index is 13.2. The molecule has 0 spiro atoms. The number of amides is 2. The van der Waals surface area contributed by atoms with E-state index < -0.39 is 6.04 Å². The molecule has 1 saturated heterocycles. The van der Waals surface area contributed by atoms with Gasteiger partial charge in [0, 0.05) is 51.5 Å². The van der Waals surface area contributed by atoms with Gasteiger partial charge in [-0.2, -0.15) is 0 Å². The maximum Gasteiger partial charge on any atom is 0.338 e. The van der Waals surface area contributed by atoms with Crippen molar-refractivity contribution in [1.29, 1.82) is 0 Å². The Bertz CT molecular complexity index is 1080. The number of carbonyl (C=O) groups is 2. The highest BCUT2D eigenvalue weighted by Gasteiger charge is 2.38. The zero-order valence-corrected chi connectivity index (χ0v) is 21.4. The van der Waals surface area contributed by atoms with E-state index in [1.54, 1.807) is 18.9 Å². The van der Waals surface area contributed by atoms with E-state index >= 15 is 0 Å². The summed E-state index contributed by atoms with van der Waals surface area (Å²) in [6.45, 7) is 9.36. The third-order valence-corrected chi connectivity index (χ3v) is 6.76. The first-order valence-electron chi connectivity index (χ1n) is 12.6. The number of benzene rings is 2. The van der Waals surface area contributed by atoms with Crippen LogP contribution in [0.1, 0.15) is 31.0 Å². The summed E-state index contributed by atoms with van der Waals surface area (Å²) >= 11 is 0. The second-order valence-corrected chi connectivity index (χ2v) is 9.02. The number of hydrogen-bond donors (Lipinski definition) is 1. The Labute approximate surface area is 213 Å². The average molecular weight is 493 g/mol. The lowest BCUT2D eigenvalue weighted by Crippen LogP contribution is -2.53. The van der Waals surface area contributed by atoms with Gasteiger partial charge in [-0.05, 0) is 37.1 Å². The highest BCUT2D eigenvalue weighted by atomic mass is 16.5. The minimum absolute atomic E-state index is 0.189. The van der Waals surface area contributed by atoms with Gasteiger partial charge in [-0.15, -0.1) is 0 Å². The van der Waals surface area contributed by atoms with Crippen molar-refractivity contribution in [2.75, 3.05) is 53.0 Å². The standard InChI is InChI=1S/C28H36N4O4/c1-4-32-24(20-31-16-14-30(15-17-31)19-21-10-9-13-23(18-21)35-3)25(27(33)36-5-2)26(29-28(32)34)22-11-7-6-8-12-22/h6-13,18,26H,4-5,14-17,19-20H2,1-3H3,(H,29,34)/t26-/m1/s1. The summed E-state index contributed by atoms with van der Waals surface area (Å²) in [6.07, 6.45) is 0. The number of nitrogens with zero attached hydrogens (tertiary/aromatic N) is 3. The molecule has 2 heterocycles. The fourth-order valence-electron chi connectivity index (χ4n) is 4.90. The lowest BCUT2D eigenvalue weighted by atomic mass is 9.94. The number of piperazine rings is 1. The summed E-state index contributed by atoms with van der Waals surface area (Å²) < 4.78 is 10.8. The number of likely N-dealkylation sites (N-methyl/N-ethyl adjacent to an activating group) is 1. The monoisotopic (exact) mass is 492 g/mol. The van der Waals surface area contributed by atoms with Crippen molar-refractivity contribution in [1.82, 2.24) is 20.0 Å². The van der Waals surface area contributed by atoms with E-state index in [2.05, 4.69) is 27.2 Å². The number of methoxy groups -OCH3 is 1. The highest BCUT2D eigenvalue weighted by Crippen LogP contribution is 2.32. The summed E-state index contributed by atoms with van der Waals surface area (Å²) in [5.41, 5.74) is 3.34. The molecule has 0 bridgehead atoms. The van der Waals surface area contributed by atoms with Gasteiger partial charge in [-0.25, -0.2) is 9.59 Å². The molecule has 36 heavy (non-hydrogen) atoms. The van der Waals surface area contributed by atoms with Gasteiger partial charge in [0.15, 0.2) is 0 Å². The molecule has 2 aliphatic rings. The van der Waals surface area contributed by atoms with Crippen LogP contribution in [-0.4, -0.2) is 79.7 Å². The lowest BCUT2D eigenvalue weighted by Gasteiger charge is -2.40. The third kappa shape index (κ3) is 5.88. The number of urea groups is 1. The van der Waals surface area contributed by atoms with E-state index in [0.717, 1.165) is 49.7 Å². The first-order chi connectivity index (χ1) is 17.5. The fourth-order valence-corrected chi connectivity index (χ4v) is 4.90. The first kappa shape index (κ1) is 25.7. The average Bonchev–Trinajstić information content (AvgIpc) is 2.90. The number of hydrogen-bond acceptors (Lipinski definition) is 6. The van der Waals surface area contributed by atoms with Crippen LogP contribution in [0.25, 0.3) is 0 Å². The molecule has 2 amide bonds. The lowest BCUT2D eigenvalue weighted by molar-refractivity contribution is -0.139. The second-order valence-electron chi connectivity index (χ2n) is 9.02. The maximum absolute atomic E-state index is 13.2. The molecule has 2 aliphatic heterocycles. The highest BCUT2D eigenvalue weighted by molar-refractivity contribution is 5.95. The van der Waals surface area contributed by atoms with Gasteiger partial charge < -0.3 is 14.8 Å². The van der Waals surface area contributed by atoms with E-state index in [1.165, 1.54) is 5.56 Å². The van der Waals surface area contributed by atoms with Gasteiger partial charge in [-0.3, -0.25) is 14.7 Å². The molecule has 1 atom stereocenters. The van der Waals surface area contributed by atoms with Crippen LogP contribution in [0.5, 0.6) is 5.75 Å². The van der Waals surface area contributed by atoms with E-state index in [1.807, 2.05) is 49.4 Å². The summed E-state index contributed by atoms with van der Waals surface area (Å²) in [4.78, 5) is 32.7. The molecular formula is C28H36N4O4. The number of carbonyl (C=O) groups excluding carboxylic acids is 2. The summed E-state index contributed by atoms with van der Waals surface area (Å²) in [6, 6.07) is 17.1. The first-order valence-corrected chi connectivity index (χ1v) is 12.6. The van der Waals surface area contributed by atoms with Crippen LogP contribution in [-0.2, 0) is 16.1 Å². The van der Waals surface area contributed by atoms with Gasteiger partial charge in [0.2, 0.25) is 0 Å². The summed E-state index contributed by atoms with van der Waals surface area (Å²) in [5.74, 6) is 0.490. The van der Waals surface area contributed by atoms with E-state index in [-0.39, 0.29) is 18.6 Å². The molecule has 2 aromatic rings. The Kier molecular flexibility index (Phi) is 8.61. The predicted molar refractivity (Wildman–Crippen MR) is 138 cm³/mol. The minimum atomic E-state index is -0.537. The molecular weight excluding hydrogens is 456 g/mol. The van der Waals surface area contributed by atoms with Crippen molar-refractivity contribution in [2.45, 2.75) is 26.4 Å². The van der Waals surface area contributed by atoms with Crippen LogP contribution >= 0.6 is 0 Å². The Hall–Kier alpha value is -3.36. The van der Waals surface area contributed by atoms with Crippen LogP contribution in [0.2, 0.25) is 0 Å². The molecule has 8 heteroatoms. The Morgan fingerprint density at radius 3 is 2.31 bits per heavy atom. The topological polar surface area (TPSA) is 74.4 Å². The van der Waals surface area contributed by atoms with Crippen molar-refractivity contribution in [3.05, 3.63) is 77.0 Å². The molecule has 1 fully saturated rings. The van der Waals surface area contributed by atoms with Gasteiger partial charge in [0.05, 0.1) is 25.3 Å². The quantitative estimate of drug-likeness (QED) is 0.541. The largest absolute Gasteiger partial charge is 0.497 e. The third-order valence-electron chi connectivity index (χ3n) is 6.76. The van der Waals surface area contributed by atoms with Crippen LogP contribution < -0.4 is 10.1 Å². The van der Waals surface area contributed by atoms with Crippen molar-refractivity contribution in [3.8, 4) is 5.75 Å². The molecule has 192 valence electrons. The molecule has 0 saturated carbocycles. The number of nitrogens with one attached hydrogen (secondary N) is 1.